The molecule has 0 bridgehead atoms. The number of carbonyl (C=O) groups excluding carboxylic acids is 3. The number of nitrogens with zero attached hydrogens (tertiary/aromatic N) is 3. The Morgan fingerprint density at radius 2 is 1.80 bits per heavy atom. The van der Waals surface area contributed by atoms with Gasteiger partial charge in [-0.05, 0) is 7.05 Å². The van der Waals surface area contributed by atoms with Crippen molar-refractivity contribution in [1.29, 1.82) is 0 Å². The minimum atomic E-state index is -0.793. The average Bonchev–Trinajstić information content (AvgIpc) is 3.07. The summed E-state index contributed by atoms with van der Waals surface area (Å²) in [6.45, 7) is 3.08. The second-order valence-electron chi connectivity index (χ2n) is 7.21. The first kappa shape index (κ1) is 21.8. The van der Waals surface area contributed by atoms with Crippen LogP contribution in [0.25, 0.3) is 0 Å². The van der Waals surface area contributed by atoms with Gasteiger partial charge in [0.1, 0.15) is 11.8 Å². The van der Waals surface area contributed by atoms with Crippen molar-refractivity contribution in [3.63, 3.8) is 0 Å². The maximum Gasteiger partial charge on any atom is 0.414 e. The Balaban J connectivity index is 1.68. The number of anilines is 2. The summed E-state index contributed by atoms with van der Waals surface area (Å²) in [6, 6.07) is 2.19. The van der Waals surface area contributed by atoms with Crippen molar-refractivity contribution in [3.8, 4) is 0 Å². The van der Waals surface area contributed by atoms with E-state index in [1.165, 1.54) is 6.92 Å². The van der Waals surface area contributed by atoms with Crippen molar-refractivity contribution in [1.82, 2.24) is 15.5 Å². The molecule has 2 aliphatic rings. The van der Waals surface area contributed by atoms with Crippen molar-refractivity contribution in [3.05, 3.63) is 23.8 Å². The molecule has 164 valence electrons. The fourth-order valence-electron chi connectivity index (χ4n) is 3.55. The Labute approximate surface area is 172 Å². The van der Waals surface area contributed by atoms with E-state index in [-0.39, 0.29) is 42.8 Å². The van der Waals surface area contributed by atoms with Crippen LogP contribution in [0, 0.1) is 11.6 Å². The van der Waals surface area contributed by atoms with E-state index in [1.807, 2.05) is 0 Å². The topological polar surface area (TPSA) is 94.2 Å². The smallest absolute Gasteiger partial charge is 0.414 e. The van der Waals surface area contributed by atoms with Gasteiger partial charge in [-0.3, -0.25) is 14.5 Å². The molecule has 0 spiro atoms. The van der Waals surface area contributed by atoms with Crippen LogP contribution in [-0.2, 0) is 14.3 Å². The normalized spacial score (nSPS) is 19.1. The Hall–Kier alpha value is -2.95. The van der Waals surface area contributed by atoms with Gasteiger partial charge < -0.3 is 25.2 Å². The molecule has 2 heterocycles. The second-order valence-corrected chi connectivity index (χ2v) is 7.21. The van der Waals surface area contributed by atoms with Crippen molar-refractivity contribution < 1.29 is 27.9 Å². The van der Waals surface area contributed by atoms with Gasteiger partial charge in [0.05, 0.1) is 25.3 Å². The Bertz CT molecular complexity index is 806. The molecular weight excluding hydrogens is 400 g/mol. The fraction of sp³-hybridized carbons (Fsp3) is 0.526. The molecule has 2 aliphatic heterocycles. The molecule has 0 radical (unpaired) electrons. The van der Waals surface area contributed by atoms with Gasteiger partial charge >= 0.3 is 6.09 Å². The summed E-state index contributed by atoms with van der Waals surface area (Å²) >= 11 is 0. The molecule has 1 atom stereocenters. The van der Waals surface area contributed by atoms with Crippen LogP contribution in [0.3, 0.4) is 0 Å². The molecule has 2 saturated heterocycles. The monoisotopic (exact) mass is 425 g/mol. The highest BCUT2D eigenvalue weighted by Crippen LogP contribution is 2.31. The number of halogens is 2. The largest absolute Gasteiger partial charge is 0.442 e. The first-order chi connectivity index (χ1) is 14.3. The third-order valence-electron chi connectivity index (χ3n) is 5.04. The van der Waals surface area contributed by atoms with Gasteiger partial charge in [0.15, 0.2) is 11.6 Å². The quantitative estimate of drug-likeness (QED) is 0.681. The lowest BCUT2D eigenvalue weighted by molar-refractivity contribution is -0.130. The summed E-state index contributed by atoms with van der Waals surface area (Å²) in [5, 5.41) is 5.34. The Morgan fingerprint density at radius 1 is 1.17 bits per heavy atom. The zero-order chi connectivity index (χ0) is 21.8. The maximum atomic E-state index is 14.8. The third kappa shape index (κ3) is 4.78. The van der Waals surface area contributed by atoms with E-state index in [0.29, 0.717) is 26.2 Å². The molecular formula is C19H25F2N5O4. The summed E-state index contributed by atoms with van der Waals surface area (Å²) in [7, 11) is 1.68. The average molecular weight is 425 g/mol. The molecule has 1 aromatic rings. The van der Waals surface area contributed by atoms with Crippen LogP contribution in [0.4, 0.5) is 25.0 Å². The number of amides is 3. The van der Waals surface area contributed by atoms with Gasteiger partial charge in [-0.2, -0.15) is 0 Å². The van der Waals surface area contributed by atoms with Gasteiger partial charge in [-0.15, -0.1) is 0 Å². The molecule has 2 N–H and O–H groups in total. The number of hydrogen-bond acceptors (Lipinski definition) is 6. The van der Waals surface area contributed by atoms with Crippen LogP contribution in [-0.4, -0.2) is 81.8 Å². The summed E-state index contributed by atoms with van der Waals surface area (Å²) < 4.78 is 34.7. The number of nitrogens with one attached hydrogen (secondary N) is 2. The molecule has 0 aliphatic carbocycles. The zero-order valence-corrected chi connectivity index (χ0v) is 16.9. The van der Waals surface area contributed by atoms with Gasteiger partial charge in [-0.25, -0.2) is 13.6 Å². The fourth-order valence-corrected chi connectivity index (χ4v) is 3.55. The summed E-state index contributed by atoms with van der Waals surface area (Å²) in [4.78, 5) is 39.4. The van der Waals surface area contributed by atoms with Crippen LogP contribution in [0.2, 0.25) is 0 Å². The van der Waals surface area contributed by atoms with E-state index < -0.39 is 23.8 Å². The molecule has 3 amide bonds. The molecule has 3 rings (SSSR count). The van der Waals surface area contributed by atoms with Gasteiger partial charge in [0.25, 0.3) is 0 Å². The second kappa shape index (κ2) is 9.24. The molecule has 30 heavy (non-hydrogen) atoms. The first-order valence-electron chi connectivity index (χ1n) is 9.69. The molecule has 0 aromatic heterocycles. The lowest BCUT2D eigenvalue weighted by Gasteiger charge is -2.36. The lowest BCUT2D eigenvalue weighted by Crippen LogP contribution is -2.51. The molecule has 11 heteroatoms. The standard InChI is InChI=1S/C19H25F2N5O4/c1-12(27)23-9-14-11-26(19(29)30-14)13-7-15(20)18(16(21)8-13)25-5-3-24(4-6-25)17(28)10-22-2/h7-8,14,22H,3-6,9-11H2,1-2H3,(H,23,27). The third-order valence-corrected chi connectivity index (χ3v) is 5.04. The molecule has 1 unspecified atom stereocenters. The van der Waals surface area contributed by atoms with E-state index >= 15 is 0 Å². The number of benzene rings is 1. The van der Waals surface area contributed by atoms with Crippen LogP contribution >= 0.6 is 0 Å². The summed E-state index contributed by atoms with van der Waals surface area (Å²) in [5.41, 5.74) is -0.131. The Kier molecular flexibility index (Phi) is 6.70. The predicted molar refractivity (Wildman–Crippen MR) is 105 cm³/mol. The number of likely N-dealkylation sites (N-methyl/N-ethyl adjacent to an activating group) is 1. The molecule has 2 fully saturated rings. The lowest BCUT2D eigenvalue weighted by atomic mass is 10.2. The SMILES string of the molecule is CNCC(=O)N1CCN(c2c(F)cc(N3CC(CNC(C)=O)OC3=O)cc2F)CC1. The summed E-state index contributed by atoms with van der Waals surface area (Å²) in [5.74, 6) is -1.91. The minimum absolute atomic E-state index is 0.0481. The van der Waals surface area contributed by atoms with Gasteiger partial charge in [0, 0.05) is 45.2 Å². The van der Waals surface area contributed by atoms with E-state index in [4.69, 9.17) is 4.74 Å². The molecule has 0 saturated carbocycles. The van der Waals surface area contributed by atoms with E-state index in [2.05, 4.69) is 10.6 Å². The molecule has 9 nitrogen and oxygen atoms in total. The van der Waals surface area contributed by atoms with Crippen molar-refractivity contribution in [2.45, 2.75) is 13.0 Å². The summed E-state index contributed by atoms with van der Waals surface area (Å²) in [6.07, 6.45) is -1.33. The van der Waals surface area contributed by atoms with Gasteiger partial charge in [0.2, 0.25) is 11.8 Å². The highest BCUT2D eigenvalue weighted by Gasteiger charge is 2.34. The Morgan fingerprint density at radius 3 is 2.37 bits per heavy atom. The van der Waals surface area contributed by atoms with Crippen molar-refractivity contribution >= 4 is 29.3 Å². The van der Waals surface area contributed by atoms with Crippen LogP contribution in [0.5, 0.6) is 0 Å². The maximum absolute atomic E-state index is 14.8. The number of carbonyl (C=O) groups is 3. The van der Waals surface area contributed by atoms with Crippen molar-refractivity contribution in [2.24, 2.45) is 0 Å². The zero-order valence-electron chi connectivity index (χ0n) is 16.9. The highest BCUT2D eigenvalue weighted by molar-refractivity contribution is 5.90. The number of rotatable bonds is 6. The van der Waals surface area contributed by atoms with Crippen LogP contribution in [0.1, 0.15) is 6.92 Å². The number of hydrogen-bond donors (Lipinski definition) is 2. The van der Waals surface area contributed by atoms with Crippen molar-refractivity contribution in [2.75, 3.05) is 62.7 Å². The predicted octanol–water partition coefficient (Wildman–Crippen LogP) is 0.294. The van der Waals surface area contributed by atoms with E-state index in [1.54, 1.807) is 16.8 Å². The molecule has 1 aromatic carbocycles. The van der Waals surface area contributed by atoms with E-state index in [0.717, 1.165) is 17.0 Å². The minimum Gasteiger partial charge on any atom is -0.442 e. The van der Waals surface area contributed by atoms with Crippen LogP contribution < -0.4 is 20.4 Å². The number of piperazine rings is 1. The van der Waals surface area contributed by atoms with Crippen LogP contribution in [0.15, 0.2) is 12.1 Å². The number of ether oxygens (including phenoxy) is 1. The number of cyclic esters (lactones) is 1. The van der Waals surface area contributed by atoms with E-state index in [9.17, 15) is 23.2 Å². The highest BCUT2D eigenvalue weighted by atomic mass is 19.1. The first-order valence-corrected chi connectivity index (χ1v) is 9.69. The van der Waals surface area contributed by atoms with Gasteiger partial charge in [-0.1, -0.05) is 0 Å².